The number of allylic oxidation sites excluding steroid dienone is 1. The van der Waals surface area contributed by atoms with Gasteiger partial charge in [0.05, 0.1) is 6.10 Å². The van der Waals surface area contributed by atoms with E-state index in [0.717, 1.165) is 5.57 Å². The summed E-state index contributed by atoms with van der Waals surface area (Å²) in [5.41, 5.74) is -4.86. The molecule has 0 bridgehead atoms. The first-order valence-electron chi connectivity index (χ1n) is 13.3. The molecule has 0 saturated heterocycles. The van der Waals surface area contributed by atoms with Gasteiger partial charge >= 0.3 is 11.9 Å². The number of esters is 2. The summed E-state index contributed by atoms with van der Waals surface area (Å²) in [6, 6.07) is 0. The lowest BCUT2D eigenvalue weighted by molar-refractivity contribution is -0.235. The number of rotatable bonds is 6. The second-order valence-electron chi connectivity index (χ2n) is 11.8. The van der Waals surface area contributed by atoms with Gasteiger partial charge in [0.15, 0.2) is 18.0 Å². The minimum atomic E-state index is -1.97. The highest BCUT2D eigenvalue weighted by atomic mass is 19.1. The van der Waals surface area contributed by atoms with Gasteiger partial charge in [-0.2, -0.15) is 0 Å². The van der Waals surface area contributed by atoms with Crippen LogP contribution >= 0.6 is 0 Å². The van der Waals surface area contributed by atoms with E-state index in [1.165, 1.54) is 0 Å². The van der Waals surface area contributed by atoms with E-state index in [2.05, 4.69) is 0 Å². The molecule has 0 spiro atoms. The van der Waals surface area contributed by atoms with E-state index in [1.54, 1.807) is 19.9 Å². The minimum absolute atomic E-state index is 0.00753. The molecule has 200 valence electrons. The number of aliphatic hydroxyl groups excluding tert-OH is 1. The number of Topliss-reactive ketones (excluding diaryl/α,β-unsaturated/α-hetero) is 1. The standard InChI is InChI=1S/C28H39FO7/c1-6-23(33)35-15-22(32)28(36-24(34)7-2)16(3)12-20-19-9-8-17-13-18(30)10-11-25(17,4)27(19,29)21(31)14-26(20,28)5/h13,16,19-21,31H,6-12,14-15H2,1-5H3/t16-,19+,20-,21-,25-,26-,27+,28-/m0/s1. The number of hydrogen-bond donors (Lipinski definition) is 1. The number of carbonyl (C=O) groups excluding carboxylic acids is 4. The summed E-state index contributed by atoms with van der Waals surface area (Å²) in [5, 5.41) is 11.6. The molecule has 0 unspecified atom stereocenters. The van der Waals surface area contributed by atoms with Crippen molar-refractivity contribution in [2.24, 2.45) is 28.6 Å². The van der Waals surface area contributed by atoms with Crippen LogP contribution in [0.1, 0.15) is 86.0 Å². The van der Waals surface area contributed by atoms with E-state index in [-0.39, 0.29) is 37.4 Å². The maximum Gasteiger partial charge on any atom is 0.306 e. The zero-order chi connectivity index (χ0) is 26.7. The maximum absolute atomic E-state index is 17.4. The fourth-order valence-electron chi connectivity index (χ4n) is 8.37. The lowest BCUT2D eigenvalue weighted by atomic mass is 9.43. The summed E-state index contributed by atoms with van der Waals surface area (Å²) in [5.74, 6) is -2.99. The van der Waals surface area contributed by atoms with Crippen molar-refractivity contribution in [1.82, 2.24) is 0 Å². The summed E-state index contributed by atoms with van der Waals surface area (Å²) < 4.78 is 28.6. The van der Waals surface area contributed by atoms with Gasteiger partial charge in [-0.3, -0.25) is 19.2 Å². The van der Waals surface area contributed by atoms with Crippen molar-refractivity contribution >= 4 is 23.5 Å². The molecule has 3 fully saturated rings. The van der Waals surface area contributed by atoms with Gasteiger partial charge in [0.1, 0.15) is 5.67 Å². The zero-order valence-corrected chi connectivity index (χ0v) is 22.0. The van der Waals surface area contributed by atoms with Gasteiger partial charge in [0, 0.05) is 41.9 Å². The summed E-state index contributed by atoms with van der Waals surface area (Å²) in [6.45, 7) is 8.20. The van der Waals surface area contributed by atoms with Crippen LogP contribution in [0.25, 0.3) is 0 Å². The van der Waals surface area contributed by atoms with Crippen molar-refractivity contribution in [2.75, 3.05) is 6.61 Å². The Morgan fingerprint density at radius 3 is 2.42 bits per heavy atom. The van der Waals surface area contributed by atoms with Crippen molar-refractivity contribution in [3.63, 3.8) is 0 Å². The average molecular weight is 507 g/mol. The van der Waals surface area contributed by atoms with Gasteiger partial charge in [-0.25, -0.2) is 4.39 Å². The van der Waals surface area contributed by atoms with Crippen molar-refractivity contribution < 1.29 is 38.1 Å². The maximum atomic E-state index is 17.4. The molecule has 36 heavy (non-hydrogen) atoms. The number of hydrogen-bond acceptors (Lipinski definition) is 7. The van der Waals surface area contributed by atoms with Crippen LogP contribution in [0.2, 0.25) is 0 Å². The van der Waals surface area contributed by atoms with Crippen LogP contribution in [-0.2, 0) is 28.7 Å². The van der Waals surface area contributed by atoms with Crippen LogP contribution in [0.15, 0.2) is 11.6 Å². The highest BCUT2D eigenvalue weighted by Gasteiger charge is 2.77. The van der Waals surface area contributed by atoms with Gasteiger partial charge < -0.3 is 14.6 Å². The smallest absolute Gasteiger partial charge is 0.306 e. The van der Waals surface area contributed by atoms with Gasteiger partial charge in [0.2, 0.25) is 5.78 Å². The molecule has 7 nitrogen and oxygen atoms in total. The number of ether oxygens (including phenoxy) is 2. The van der Waals surface area contributed by atoms with Gasteiger partial charge in [-0.15, -0.1) is 0 Å². The first-order valence-corrected chi connectivity index (χ1v) is 13.3. The quantitative estimate of drug-likeness (QED) is 0.542. The molecule has 0 radical (unpaired) electrons. The van der Waals surface area contributed by atoms with E-state index < -0.39 is 64.4 Å². The normalized spacial score (nSPS) is 43.5. The first kappa shape index (κ1) is 27.0. The monoisotopic (exact) mass is 506 g/mol. The predicted octanol–water partition coefficient (Wildman–Crippen LogP) is 4.04. The lowest BCUT2D eigenvalue weighted by Crippen LogP contribution is -2.70. The highest BCUT2D eigenvalue weighted by molar-refractivity contribution is 5.94. The number of halogens is 1. The van der Waals surface area contributed by atoms with Crippen LogP contribution in [0.4, 0.5) is 4.39 Å². The second kappa shape index (κ2) is 9.03. The van der Waals surface area contributed by atoms with Crippen molar-refractivity contribution in [3.8, 4) is 0 Å². The third-order valence-electron chi connectivity index (χ3n) is 10.2. The molecule has 4 aliphatic rings. The van der Waals surface area contributed by atoms with E-state index in [1.807, 2.05) is 20.8 Å². The third-order valence-corrected chi connectivity index (χ3v) is 10.2. The number of alkyl halides is 1. The number of aliphatic hydroxyl groups is 1. The Morgan fingerprint density at radius 2 is 1.78 bits per heavy atom. The van der Waals surface area contributed by atoms with E-state index in [9.17, 15) is 24.3 Å². The topological polar surface area (TPSA) is 107 Å². The molecule has 8 atom stereocenters. The van der Waals surface area contributed by atoms with Crippen molar-refractivity contribution in [3.05, 3.63) is 11.6 Å². The molecule has 4 aliphatic carbocycles. The molecule has 4 rings (SSSR count). The number of fused-ring (bicyclic) bond motifs is 5. The molecule has 8 heteroatoms. The Hall–Kier alpha value is -2.09. The molecule has 0 aliphatic heterocycles. The molecule has 0 aromatic rings. The zero-order valence-electron chi connectivity index (χ0n) is 22.0. The Kier molecular flexibility index (Phi) is 6.76. The van der Waals surface area contributed by atoms with E-state index in [0.29, 0.717) is 25.7 Å². The molecule has 0 aromatic carbocycles. The van der Waals surface area contributed by atoms with E-state index >= 15 is 4.39 Å². The summed E-state index contributed by atoms with van der Waals surface area (Å²) in [6.07, 6.45) is 2.24. The molecule has 1 N–H and O–H groups in total. The van der Waals surface area contributed by atoms with E-state index in [4.69, 9.17) is 9.47 Å². The van der Waals surface area contributed by atoms with Gasteiger partial charge in [0.25, 0.3) is 0 Å². The molecular weight excluding hydrogens is 467 g/mol. The minimum Gasteiger partial charge on any atom is -0.457 e. The van der Waals surface area contributed by atoms with Gasteiger partial charge in [-0.1, -0.05) is 40.2 Å². The van der Waals surface area contributed by atoms with Crippen LogP contribution in [0, 0.1) is 28.6 Å². The molecule has 0 heterocycles. The Balaban J connectivity index is 1.79. The van der Waals surface area contributed by atoms with Gasteiger partial charge in [-0.05, 0) is 44.1 Å². The van der Waals surface area contributed by atoms with Crippen LogP contribution in [-0.4, -0.2) is 52.6 Å². The predicted molar refractivity (Wildman–Crippen MR) is 128 cm³/mol. The SMILES string of the molecule is CCC(=O)OCC(=O)[C@@]1(OC(=O)CC)[C@@H](C)C[C@H]2[C@H]3CCC4=CC(=O)CC[C@]4(C)[C@]3(F)[C@@H](O)C[C@@]21C. The van der Waals surface area contributed by atoms with Crippen molar-refractivity contribution in [1.29, 1.82) is 0 Å². The summed E-state index contributed by atoms with van der Waals surface area (Å²) in [7, 11) is 0. The lowest BCUT2D eigenvalue weighted by Gasteiger charge is -2.63. The molecule has 3 saturated carbocycles. The molecular formula is C28H39FO7. The average Bonchev–Trinajstić information content (AvgIpc) is 3.05. The molecule has 0 aromatic heterocycles. The largest absolute Gasteiger partial charge is 0.457 e. The van der Waals surface area contributed by atoms with Crippen LogP contribution in [0.5, 0.6) is 0 Å². The first-order chi connectivity index (χ1) is 16.8. The third kappa shape index (κ3) is 3.46. The summed E-state index contributed by atoms with van der Waals surface area (Å²) >= 11 is 0. The number of ketones is 2. The molecule has 0 amide bonds. The van der Waals surface area contributed by atoms with Crippen LogP contribution in [0.3, 0.4) is 0 Å². The Morgan fingerprint density at radius 1 is 1.11 bits per heavy atom. The second-order valence-corrected chi connectivity index (χ2v) is 11.8. The highest BCUT2D eigenvalue weighted by Crippen LogP contribution is 2.72. The number of carbonyl (C=O) groups is 4. The fourth-order valence-corrected chi connectivity index (χ4v) is 8.37. The Labute approximate surface area is 212 Å². The van der Waals surface area contributed by atoms with Crippen molar-refractivity contribution in [2.45, 2.75) is 103 Å². The fraction of sp³-hybridized carbons (Fsp3) is 0.786. The Bertz CT molecular complexity index is 1010. The summed E-state index contributed by atoms with van der Waals surface area (Å²) in [4.78, 5) is 50.4. The van der Waals surface area contributed by atoms with Crippen LogP contribution < -0.4 is 0 Å².